The van der Waals surface area contributed by atoms with Crippen molar-refractivity contribution >= 4 is 11.0 Å². The summed E-state index contributed by atoms with van der Waals surface area (Å²) in [5.41, 5.74) is 1.00. The van der Waals surface area contributed by atoms with Gasteiger partial charge in [0.05, 0.1) is 11.0 Å². The first-order chi connectivity index (χ1) is 8.58. The highest BCUT2D eigenvalue weighted by atomic mass is 19.2. The zero-order valence-corrected chi connectivity index (χ0v) is 10.2. The zero-order valence-electron chi connectivity index (χ0n) is 10.2. The molecule has 0 unspecified atom stereocenters. The Balaban J connectivity index is 2.07. The third kappa shape index (κ3) is 1.79. The first kappa shape index (κ1) is 11.6. The molecule has 3 nitrogen and oxygen atoms in total. The largest absolute Gasteiger partial charge is 0.341 e. The van der Waals surface area contributed by atoms with E-state index in [1.807, 2.05) is 0 Å². The van der Waals surface area contributed by atoms with Crippen molar-refractivity contribution in [2.45, 2.75) is 25.2 Å². The van der Waals surface area contributed by atoms with E-state index in [0.29, 0.717) is 11.0 Å². The third-order valence-electron chi connectivity index (χ3n) is 3.80. The van der Waals surface area contributed by atoms with Gasteiger partial charge < -0.3 is 10.3 Å². The smallest absolute Gasteiger partial charge is 0.161 e. The number of nitrogens with one attached hydrogen (secondary N) is 2. The van der Waals surface area contributed by atoms with Crippen LogP contribution in [-0.2, 0) is 5.41 Å². The number of benzene rings is 1. The lowest BCUT2D eigenvalue weighted by molar-refractivity contribution is 0.321. The number of hydrogen-bond donors (Lipinski definition) is 2. The molecule has 0 amide bonds. The van der Waals surface area contributed by atoms with E-state index in [1.54, 1.807) is 0 Å². The van der Waals surface area contributed by atoms with E-state index in [9.17, 15) is 8.78 Å². The van der Waals surface area contributed by atoms with Gasteiger partial charge in [0, 0.05) is 17.5 Å². The van der Waals surface area contributed by atoms with Crippen LogP contribution in [-0.4, -0.2) is 23.1 Å². The van der Waals surface area contributed by atoms with Crippen molar-refractivity contribution in [3.8, 4) is 0 Å². The maximum atomic E-state index is 13.2. The van der Waals surface area contributed by atoms with Gasteiger partial charge in [-0.1, -0.05) is 6.92 Å². The van der Waals surface area contributed by atoms with E-state index in [4.69, 9.17) is 0 Å². The Kier molecular flexibility index (Phi) is 2.59. The summed E-state index contributed by atoms with van der Waals surface area (Å²) in [7, 11) is 0. The molecule has 1 saturated heterocycles. The van der Waals surface area contributed by atoms with Crippen molar-refractivity contribution in [1.82, 2.24) is 15.3 Å². The van der Waals surface area contributed by atoms with E-state index in [0.717, 1.165) is 37.8 Å². The second-order valence-electron chi connectivity index (χ2n) is 5.18. The number of nitrogens with zero attached hydrogens (tertiary/aromatic N) is 1. The highest BCUT2D eigenvalue weighted by Crippen LogP contribution is 2.32. The van der Waals surface area contributed by atoms with E-state index in [2.05, 4.69) is 22.2 Å². The van der Waals surface area contributed by atoms with E-state index in [-0.39, 0.29) is 5.41 Å². The average molecular weight is 251 g/mol. The summed E-state index contributed by atoms with van der Waals surface area (Å²) in [4.78, 5) is 7.55. The Labute approximate surface area is 104 Å². The Morgan fingerprint density at radius 3 is 2.56 bits per heavy atom. The van der Waals surface area contributed by atoms with Gasteiger partial charge in [0.25, 0.3) is 0 Å². The van der Waals surface area contributed by atoms with Crippen LogP contribution in [0.4, 0.5) is 8.78 Å². The maximum Gasteiger partial charge on any atom is 0.161 e. The lowest BCUT2D eigenvalue weighted by atomic mass is 9.80. The van der Waals surface area contributed by atoms with Gasteiger partial charge in [-0.2, -0.15) is 0 Å². The monoisotopic (exact) mass is 251 g/mol. The average Bonchev–Trinajstić information content (AvgIpc) is 2.74. The quantitative estimate of drug-likeness (QED) is 0.817. The summed E-state index contributed by atoms with van der Waals surface area (Å²) in [5.74, 6) is -0.867. The van der Waals surface area contributed by atoms with Crippen molar-refractivity contribution in [3.63, 3.8) is 0 Å². The molecular formula is C13H15F2N3. The summed E-state index contributed by atoms with van der Waals surface area (Å²) in [6.45, 7) is 4.02. The predicted molar refractivity (Wildman–Crippen MR) is 65.5 cm³/mol. The molecule has 1 aliphatic rings. The molecule has 5 heteroatoms. The van der Waals surface area contributed by atoms with Gasteiger partial charge in [0.15, 0.2) is 11.6 Å². The molecule has 0 aliphatic carbocycles. The SMILES string of the molecule is CC1(c2nc3cc(F)c(F)cc3[nH]2)CCNCC1. The first-order valence-electron chi connectivity index (χ1n) is 6.14. The van der Waals surface area contributed by atoms with E-state index < -0.39 is 11.6 Å². The number of halogens is 2. The molecule has 2 aromatic rings. The second-order valence-corrected chi connectivity index (χ2v) is 5.18. The van der Waals surface area contributed by atoms with Crippen LogP contribution in [0.1, 0.15) is 25.6 Å². The van der Waals surface area contributed by atoms with Gasteiger partial charge in [-0.3, -0.25) is 0 Å². The fraction of sp³-hybridized carbons (Fsp3) is 0.462. The molecule has 1 aromatic heterocycles. The van der Waals surface area contributed by atoms with Crippen molar-refractivity contribution < 1.29 is 8.78 Å². The lowest BCUT2D eigenvalue weighted by Crippen LogP contribution is -2.38. The van der Waals surface area contributed by atoms with Crippen LogP contribution in [0, 0.1) is 11.6 Å². The van der Waals surface area contributed by atoms with Crippen molar-refractivity contribution in [3.05, 3.63) is 29.6 Å². The number of piperidine rings is 1. The number of aromatic amines is 1. The second kappa shape index (κ2) is 4.02. The van der Waals surface area contributed by atoms with Gasteiger partial charge in [-0.25, -0.2) is 13.8 Å². The van der Waals surface area contributed by atoms with Crippen LogP contribution in [0.2, 0.25) is 0 Å². The normalized spacial score (nSPS) is 19.3. The summed E-state index contributed by atoms with van der Waals surface area (Å²) in [6.07, 6.45) is 1.94. The maximum absolute atomic E-state index is 13.2. The van der Waals surface area contributed by atoms with Crippen LogP contribution in [0.3, 0.4) is 0 Å². The van der Waals surface area contributed by atoms with Gasteiger partial charge >= 0.3 is 0 Å². The summed E-state index contributed by atoms with van der Waals surface area (Å²) in [6, 6.07) is 2.32. The van der Waals surface area contributed by atoms with Gasteiger partial charge in [0.1, 0.15) is 5.82 Å². The number of aromatic nitrogens is 2. The third-order valence-corrected chi connectivity index (χ3v) is 3.80. The Morgan fingerprint density at radius 1 is 1.17 bits per heavy atom. The summed E-state index contributed by atoms with van der Waals surface area (Å²) >= 11 is 0. The van der Waals surface area contributed by atoms with Crippen LogP contribution in [0.25, 0.3) is 11.0 Å². The topological polar surface area (TPSA) is 40.7 Å². The molecule has 1 aliphatic heterocycles. The van der Waals surface area contributed by atoms with E-state index >= 15 is 0 Å². The molecule has 0 radical (unpaired) electrons. The lowest BCUT2D eigenvalue weighted by Gasteiger charge is -2.32. The number of imidazole rings is 1. The summed E-state index contributed by atoms with van der Waals surface area (Å²) < 4.78 is 26.3. The van der Waals surface area contributed by atoms with Crippen molar-refractivity contribution in [2.75, 3.05) is 13.1 Å². The van der Waals surface area contributed by atoms with Crippen molar-refractivity contribution in [1.29, 1.82) is 0 Å². The minimum atomic E-state index is -0.851. The fourth-order valence-corrected chi connectivity index (χ4v) is 2.51. The molecule has 0 atom stereocenters. The molecule has 3 rings (SSSR count). The molecule has 18 heavy (non-hydrogen) atoms. The zero-order chi connectivity index (χ0) is 12.8. The number of hydrogen-bond acceptors (Lipinski definition) is 2. The van der Waals surface area contributed by atoms with Gasteiger partial charge in [-0.15, -0.1) is 0 Å². The van der Waals surface area contributed by atoms with Crippen LogP contribution < -0.4 is 5.32 Å². The minimum absolute atomic E-state index is 0.0444. The molecule has 2 N–H and O–H groups in total. The van der Waals surface area contributed by atoms with Crippen LogP contribution >= 0.6 is 0 Å². The minimum Gasteiger partial charge on any atom is -0.341 e. The summed E-state index contributed by atoms with van der Waals surface area (Å²) in [5, 5.41) is 3.30. The molecule has 1 fully saturated rings. The Bertz CT molecular complexity index is 546. The molecule has 0 spiro atoms. The fourth-order valence-electron chi connectivity index (χ4n) is 2.51. The number of fused-ring (bicyclic) bond motifs is 1. The van der Waals surface area contributed by atoms with Crippen LogP contribution in [0.15, 0.2) is 12.1 Å². The molecule has 96 valence electrons. The van der Waals surface area contributed by atoms with Gasteiger partial charge in [0.2, 0.25) is 0 Å². The van der Waals surface area contributed by atoms with E-state index in [1.165, 1.54) is 6.07 Å². The molecule has 2 heterocycles. The first-order valence-corrected chi connectivity index (χ1v) is 6.14. The van der Waals surface area contributed by atoms with Gasteiger partial charge in [-0.05, 0) is 25.9 Å². The standard InChI is InChI=1S/C13H15F2N3/c1-13(2-4-16-5-3-13)12-17-10-6-8(14)9(15)7-11(10)18-12/h6-7,16H,2-5H2,1H3,(H,17,18). The highest BCUT2D eigenvalue weighted by molar-refractivity contribution is 5.75. The predicted octanol–water partition coefficient (Wildman–Crippen LogP) is 2.48. The molecule has 0 saturated carbocycles. The van der Waals surface area contributed by atoms with Crippen LogP contribution in [0.5, 0.6) is 0 Å². The Morgan fingerprint density at radius 2 is 1.83 bits per heavy atom. The number of rotatable bonds is 1. The molecule has 1 aromatic carbocycles. The highest BCUT2D eigenvalue weighted by Gasteiger charge is 2.31. The van der Waals surface area contributed by atoms with Crippen molar-refractivity contribution in [2.24, 2.45) is 0 Å². The Hall–Kier alpha value is -1.49. The molecule has 0 bridgehead atoms. The number of H-pyrrole nitrogens is 1. The molecular weight excluding hydrogens is 236 g/mol.